The Labute approximate surface area is 155 Å². The average molecular weight is 452 g/mol. The van der Waals surface area contributed by atoms with Crippen LogP contribution in [0.25, 0.3) is 11.0 Å². The highest BCUT2D eigenvalue weighted by Crippen LogP contribution is 2.24. The molecule has 1 fully saturated rings. The van der Waals surface area contributed by atoms with Gasteiger partial charge in [0, 0.05) is 25.8 Å². The van der Waals surface area contributed by atoms with E-state index in [4.69, 9.17) is 22.1 Å². The lowest BCUT2D eigenvalue weighted by molar-refractivity contribution is 0.122. The largest absolute Gasteiger partial charge is 0.378 e. The normalized spacial score (nSPS) is 13.7. The van der Waals surface area contributed by atoms with E-state index in [-0.39, 0.29) is 5.28 Å². The van der Waals surface area contributed by atoms with Gasteiger partial charge >= 0.3 is 0 Å². The first-order chi connectivity index (χ1) is 11.3. The molecule has 2 aromatic heterocycles. The van der Waals surface area contributed by atoms with E-state index in [0.717, 1.165) is 35.5 Å². The van der Waals surface area contributed by atoms with Crippen LogP contribution in [0.3, 0.4) is 0 Å². The fourth-order valence-electron chi connectivity index (χ4n) is 2.12. The number of fused-ring (bicyclic) bond motifs is 1. The second kappa shape index (κ2) is 10.9. The number of halogens is 2. The Balaban J connectivity index is 0.000000615. The van der Waals surface area contributed by atoms with Gasteiger partial charge in [-0.25, -0.2) is 4.98 Å². The second-order valence-electron chi connectivity index (χ2n) is 4.33. The van der Waals surface area contributed by atoms with Crippen LogP contribution in [-0.2, 0) is 11.3 Å². The van der Waals surface area contributed by atoms with Crippen LogP contribution in [0.15, 0.2) is 12.3 Å². The predicted molar refractivity (Wildman–Crippen MR) is 105 cm³/mol. The van der Waals surface area contributed by atoms with Gasteiger partial charge < -0.3 is 15.4 Å². The summed E-state index contributed by atoms with van der Waals surface area (Å²) in [6, 6.07) is 1.90. The van der Waals surface area contributed by atoms with Gasteiger partial charge in [-0.1, -0.05) is 36.4 Å². The zero-order chi connectivity index (χ0) is 17.2. The molecule has 23 heavy (non-hydrogen) atoms. The Morgan fingerprint density at radius 2 is 1.91 bits per heavy atom. The number of anilines is 1. The van der Waals surface area contributed by atoms with Gasteiger partial charge in [0.05, 0.1) is 18.7 Å². The third-order valence-corrected chi connectivity index (χ3v) is 3.26. The van der Waals surface area contributed by atoms with Crippen LogP contribution < -0.4 is 10.6 Å². The van der Waals surface area contributed by atoms with Crippen molar-refractivity contribution in [3.8, 4) is 0 Å². The summed E-state index contributed by atoms with van der Waals surface area (Å²) >= 11 is 8.15. The zero-order valence-electron chi connectivity index (χ0n) is 13.7. The lowest BCUT2D eigenvalue weighted by Gasteiger charge is -2.28. The van der Waals surface area contributed by atoms with Crippen molar-refractivity contribution >= 4 is 51.0 Å². The molecule has 0 unspecified atom stereocenters. The molecule has 2 aromatic rings. The number of hydrogen-bond acceptors (Lipinski definition) is 6. The molecule has 0 atom stereocenters. The van der Waals surface area contributed by atoms with Gasteiger partial charge in [-0.3, -0.25) is 4.98 Å². The van der Waals surface area contributed by atoms with E-state index in [1.54, 1.807) is 6.20 Å². The molecule has 8 heteroatoms. The van der Waals surface area contributed by atoms with Crippen molar-refractivity contribution in [1.29, 1.82) is 0 Å². The van der Waals surface area contributed by atoms with Crippen LogP contribution >= 0.6 is 34.2 Å². The second-order valence-corrected chi connectivity index (χ2v) is 4.67. The molecular formula is C15H23ClIN5O. The molecule has 1 aliphatic heterocycles. The minimum Gasteiger partial charge on any atom is -0.378 e. The quantitative estimate of drug-likeness (QED) is 0.430. The summed E-state index contributed by atoms with van der Waals surface area (Å²) < 4.78 is 5.35. The Morgan fingerprint density at radius 3 is 2.52 bits per heavy atom. The van der Waals surface area contributed by atoms with Gasteiger partial charge in [-0.05, 0) is 28.2 Å². The summed E-state index contributed by atoms with van der Waals surface area (Å²) in [5.41, 5.74) is 8.02. The number of rotatable bonds is 2. The van der Waals surface area contributed by atoms with Crippen LogP contribution in [0.2, 0.25) is 5.28 Å². The van der Waals surface area contributed by atoms with Crippen LogP contribution in [-0.4, -0.2) is 46.2 Å². The molecule has 1 aliphatic rings. The lowest BCUT2D eigenvalue weighted by atomic mass is 10.2. The topological polar surface area (TPSA) is 77.2 Å². The third-order valence-electron chi connectivity index (χ3n) is 3.09. The van der Waals surface area contributed by atoms with Crippen molar-refractivity contribution in [2.45, 2.75) is 20.4 Å². The van der Waals surface area contributed by atoms with Crippen molar-refractivity contribution in [1.82, 2.24) is 15.0 Å². The maximum absolute atomic E-state index is 6.00. The number of aromatic nitrogens is 3. The van der Waals surface area contributed by atoms with Crippen molar-refractivity contribution < 1.29 is 4.74 Å². The Kier molecular flexibility index (Phi) is 9.61. The number of alkyl halides is 1. The first kappa shape index (κ1) is 20.3. The van der Waals surface area contributed by atoms with Crippen molar-refractivity contribution in [2.75, 3.05) is 36.1 Å². The predicted octanol–water partition coefficient (Wildman–Crippen LogP) is 3.05. The van der Waals surface area contributed by atoms with E-state index in [1.165, 1.54) is 0 Å². The van der Waals surface area contributed by atoms with E-state index < -0.39 is 0 Å². The van der Waals surface area contributed by atoms with Gasteiger partial charge in [-0.15, -0.1) is 0 Å². The Bertz CT molecular complexity index is 608. The summed E-state index contributed by atoms with van der Waals surface area (Å²) in [5.74, 6) is 0.766. The minimum atomic E-state index is 0.227. The molecule has 2 N–H and O–H groups in total. The first-order valence-electron chi connectivity index (χ1n) is 7.50. The highest BCUT2D eigenvalue weighted by Gasteiger charge is 2.18. The van der Waals surface area contributed by atoms with Crippen LogP contribution in [0, 0.1) is 0 Å². The standard InChI is InChI=1S/C12H14ClN5O.C2H6.CH3I/c13-12-16-9-5-8(6-14)7-15-10(9)11(17-12)18-1-3-19-4-2-18;2*1-2/h5,7H,1-4,6,14H2;1-2H3;1H3. The molecule has 6 nitrogen and oxygen atoms in total. The van der Waals surface area contributed by atoms with Gasteiger partial charge in [0.2, 0.25) is 5.28 Å². The smallest absolute Gasteiger partial charge is 0.225 e. The van der Waals surface area contributed by atoms with Gasteiger partial charge in [-0.2, -0.15) is 4.98 Å². The van der Waals surface area contributed by atoms with E-state index in [2.05, 4.69) is 42.4 Å². The number of nitrogens with two attached hydrogens (primary N) is 1. The third kappa shape index (κ3) is 5.37. The summed E-state index contributed by atoms with van der Waals surface area (Å²) in [5, 5.41) is 0.227. The Hall–Kier alpha value is -0.770. The molecule has 3 rings (SSSR count). The van der Waals surface area contributed by atoms with Crippen molar-refractivity contribution in [3.63, 3.8) is 0 Å². The molecule has 0 spiro atoms. The molecular weight excluding hydrogens is 429 g/mol. The van der Waals surface area contributed by atoms with E-state index in [9.17, 15) is 0 Å². The lowest BCUT2D eigenvalue weighted by Crippen LogP contribution is -2.37. The van der Waals surface area contributed by atoms with E-state index in [1.807, 2.05) is 24.8 Å². The molecule has 0 aliphatic carbocycles. The van der Waals surface area contributed by atoms with E-state index >= 15 is 0 Å². The highest BCUT2D eigenvalue weighted by atomic mass is 127. The fraction of sp³-hybridized carbons (Fsp3) is 0.533. The molecule has 0 radical (unpaired) electrons. The number of morpholine rings is 1. The summed E-state index contributed by atoms with van der Waals surface area (Å²) in [4.78, 5) is 17.0. The molecule has 0 saturated carbocycles. The van der Waals surface area contributed by atoms with Crippen LogP contribution in [0.5, 0.6) is 0 Å². The van der Waals surface area contributed by atoms with Crippen molar-refractivity contribution in [3.05, 3.63) is 23.1 Å². The molecule has 0 bridgehead atoms. The molecule has 0 amide bonds. The Morgan fingerprint density at radius 1 is 1.26 bits per heavy atom. The summed E-state index contributed by atoms with van der Waals surface area (Å²) in [6.45, 7) is 7.36. The minimum absolute atomic E-state index is 0.227. The van der Waals surface area contributed by atoms with Gasteiger partial charge in [0.1, 0.15) is 5.52 Å². The maximum atomic E-state index is 6.00. The van der Waals surface area contributed by atoms with Crippen LogP contribution in [0.1, 0.15) is 19.4 Å². The number of ether oxygens (including phenoxy) is 1. The summed E-state index contributed by atoms with van der Waals surface area (Å²) in [7, 11) is 0. The molecule has 0 aromatic carbocycles. The molecule has 3 heterocycles. The SMILES string of the molecule is CC.CI.NCc1cnc2c(N3CCOCC3)nc(Cl)nc2c1. The van der Waals surface area contributed by atoms with Gasteiger partial charge in [0.25, 0.3) is 0 Å². The van der Waals surface area contributed by atoms with E-state index in [0.29, 0.717) is 19.8 Å². The number of pyridine rings is 1. The maximum Gasteiger partial charge on any atom is 0.225 e. The molecule has 1 saturated heterocycles. The number of nitrogens with zero attached hydrogens (tertiary/aromatic N) is 4. The monoisotopic (exact) mass is 451 g/mol. The molecule has 128 valence electrons. The van der Waals surface area contributed by atoms with Gasteiger partial charge in [0.15, 0.2) is 5.82 Å². The van der Waals surface area contributed by atoms with Crippen LogP contribution in [0.4, 0.5) is 5.82 Å². The highest BCUT2D eigenvalue weighted by molar-refractivity contribution is 14.1. The number of hydrogen-bond donors (Lipinski definition) is 1. The van der Waals surface area contributed by atoms with Crippen molar-refractivity contribution in [2.24, 2.45) is 5.73 Å². The fourth-order valence-corrected chi connectivity index (χ4v) is 2.30. The first-order valence-corrected chi connectivity index (χ1v) is 10.0. The average Bonchev–Trinajstić information content (AvgIpc) is 2.64. The zero-order valence-corrected chi connectivity index (χ0v) is 16.6. The summed E-state index contributed by atoms with van der Waals surface area (Å²) in [6.07, 6.45) is 1.75.